The van der Waals surface area contributed by atoms with Crippen LogP contribution in [0.5, 0.6) is 0 Å². The summed E-state index contributed by atoms with van der Waals surface area (Å²) in [7, 11) is 1.87. The van der Waals surface area contributed by atoms with Crippen molar-refractivity contribution in [1.82, 2.24) is 19.7 Å². The number of anilines is 1. The Kier molecular flexibility index (Phi) is 7.31. The molecule has 2 aromatic carbocycles. The standard InChI is InChI=1S/C31H33F3N6O2/c1-20-6-7-39(8-9-42-20)17-21-10-25-26(27(11-21)31(32,33)34)18-40(29(25)41)24-5-3-4-23(12-24)30(13-22(14-30)16-35)15-28-37-36-19-38(28)2/h3-5,10-12,19-20,22H,6-9,13-15,17-18H2,1-2H3/t20?,22-,30-. The van der Waals surface area contributed by atoms with Gasteiger partial charge in [0.2, 0.25) is 0 Å². The largest absolute Gasteiger partial charge is 0.416 e. The number of alkyl halides is 3. The molecular weight excluding hydrogens is 545 g/mol. The predicted octanol–water partition coefficient (Wildman–Crippen LogP) is 5.02. The minimum atomic E-state index is -4.59. The number of aryl methyl sites for hydroxylation is 1. The van der Waals surface area contributed by atoms with Gasteiger partial charge in [-0.3, -0.25) is 9.69 Å². The van der Waals surface area contributed by atoms with Gasteiger partial charge in [0.05, 0.1) is 30.9 Å². The highest BCUT2D eigenvalue weighted by Crippen LogP contribution is 2.50. The van der Waals surface area contributed by atoms with Crippen LogP contribution in [0.2, 0.25) is 0 Å². The van der Waals surface area contributed by atoms with E-state index in [1.807, 2.05) is 36.7 Å². The van der Waals surface area contributed by atoms with Gasteiger partial charge in [-0.25, -0.2) is 0 Å². The second-order valence-electron chi connectivity index (χ2n) is 11.9. The average molecular weight is 579 g/mol. The predicted molar refractivity (Wildman–Crippen MR) is 148 cm³/mol. The Balaban J connectivity index is 1.31. The van der Waals surface area contributed by atoms with E-state index in [-0.39, 0.29) is 35.1 Å². The Morgan fingerprint density at radius 2 is 2.00 bits per heavy atom. The number of ether oxygens (including phenoxy) is 1. The fourth-order valence-electron chi connectivity index (χ4n) is 6.61. The number of aromatic nitrogens is 3. The number of carbonyl (C=O) groups is 1. The van der Waals surface area contributed by atoms with Crippen molar-refractivity contribution in [3.05, 3.63) is 76.4 Å². The van der Waals surface area contributed by atoms with Crippen LogP contribution in [0, 0.1) is 17.2 Å². The summed E-state index contributed by atoms with van der Waals surface area (Å²) in [6.45, 7) is 4.02. The van der Waals surface area contributed by atoms with Crippen molar-refractivity contribution in [2.24, 2.45) is 13.0 Å². The van der Waals surface area contributed by atoms with Gasteiger partial charge in [-0.1, -0.05) is 12.1 Å². The summed E-state index contributed by atoms with van der Waals surface area (Å²) < 4.78 is 50.5. The van der Waals surface area contributed by atoms with Crippen molar-refractivity contribution >= 4 is 11.6 Å². The maximum atomic E-state index is 14.3. The summed E-state index contributed by atoms with van der Waals surface area (Å²) in [4.78, 5) is 17.2. The molecule has 0 N–H and O–H groups in total. The topological polar surface area (TPSA) is 87.3 Å². The number of nitriles is 1. The second kappa shape index (κ2) is 10.8. The number of nitrogens with zero attached hydrogens (tertiary/aromatic N) is 6. The molecule has 42 heavy (non-hydrogen) atoms. The third kappa shape index (κ3) is 5.29. The van der Waals surface area contributed by atoms with Crippen molar-refractivity contribution in [3.63, 3.8) is 0 Å². The molecule has 1 unspecified atom stereocenters. The normalized spacial score (nSPS) is 24.7. The lowest BCUT2D eigenvalue weighted by molar-refractivity contribution is -0.138. The number of hydrogen-bond donors (Lipinski definition) is 0. The Hall–Kier alpha value is -3.75. The maximum Gasteiger partial charge on any atom is 0.416 e. The van der Waals surface area contributed by atoms with Crippen LogP contribution in [0.1, 0.15) is 64.6 Å². The molecule has 0 bridgehead atoms. The Morgan fingerprint density at radius 1 is 1.19 bits per heavy atom. The first-order valence-corrected chi connectivity index (χ1v) is 14.3. The van der Waals surface area contributed by atoms with E-state index in [4.69, 9.17) is 4.74 Å². The van der Waals surface area contributed by atoms with Gasteiger partial charge in [0.1, 0.15) is 12.2 Å². The summed E-state index contributed by atoms with van der Waals surface area (Å²) in [5.74, 6) is 0.258. The molecule has 2 fully saturated rings. The SMILES string of the molecule is CC1CCN(Cc2cc3c(c(C(F)(F)F)c2)CN(c2cccc([C@]4(Cc5nncn5C)C[C@@H](C#N)C4)c2)C3=O)CCO1. The van der Waals surface area contributed by atoms with Gasteiger partial charge < -0.3 is 14.2 Å². The molecule has 1 aromatic heterocycles. The Bertz CT molecular complexity index is 1540. The molecular formula is C31H33F3N6O2. The number of benzene rings is 2. The maximum absolute atomic E-state index is 14.3. The van der Waals surface area contributed by atoms with Crippen LogP contribution in [0.25, 0.3) is 0 Å². The zero-order valence-corrected chi connectivity index (χ0v) is 23.7. The number of amides is 1. The molecule has 1 saturated carbocycles. The number of rotatable bonds is 6. The van der Waals surface area contributed by atoms with Crippen molar-refractivity contribution in [3.8, 4) is 6.07 Å². The highest BCUT2D eigenvalue weighted by Gasteiger charge is 2.47. The van der Waals surface area contributed by atoms with Crippen LogP contribution in [-0.2, 0) is 42.9 Å². The molecule has 3 aliphatic rings. The van der Waals surface area contributed by atoms with Crippen molar-refractivity contribution < 1.29 is 22.7 Å². The Labute approximate surface area is 242 Å². The molecule has 1 atom stereocenters. The molecule has 3 heterocycles. The van der Waals surface area contributed by atoms with Crippen LogP contribution in [0.3, 0.4) is 0 Å². The summed E-state index contributed by atoms with van der Waals surface area (Å²) in [6.07, 6.45) is -0.210. The van der Waals surface area contributed by atoms with Gasteiger partial charge >= 0.3 is 6.18 Å². The quantitative estimate of drug-likeness (QED) is 0.408. The van der Waals surface area contributed by atoms with Crippen molar-refractivity contribution in [2.45, 2.75) is 63.4 Å². The van der Waals surface area contributed by atoms with E-state index >= 15 is 0 Å². The number of hydrogen-bond acceptors (Lipinski definition) is 6. The number of carbonyl (C=O) groups excluding carboxylic acids is 1. The van der Waals surface area contributed by atoms with Gasteiger partial charge in [-0.15, -0.1) is 10.2 Å². The number of halogens is 3. The van der Waals surface area contributed by atoms with E-state index in [9.17, 15) is 23.2 Å². The number of fused-ring (bicyclic) bond motifs is 1. The zero-order valence-electron chi connectivity index (χ0n) is 23.7. The van der Waals surface area contributed by atoms with Crippen molar-refractivity contribution in [2.75, 3.05) is 24.6 Å². The van der Waals surface area contributed by atoms with E-state index in [1.54, 1.807) is 18.5 Å². The first-order valence-electron chi connectivity index (χ1n) is 14.3. The van der Waals surface area contributed by atoms with Gasteiger partial charge in [-0.05, 0) is 67.1 Å². The van der Waals surface area contributed by atoms with E-state index in [1.165, 1.54) is 11.0 Å². The lowest BCUT2D eigenvalue weighted by Gasteiger charge is -2.45. The van der Waals surface area contributed by atoms with Gasteiger partial charge in [0.25, 0.3) is 5.91 Å². The first-order chi connectivity index (χ1) is 20.1. The molecule has 6 rings (SSSR count). The van der Waals surface area contributed by atoms with Gasteiger partial charge in [0, 0.05) is 55.7 Å². The molecule has 11 heteroatoms. The molecule has 1 aliphatic carbocycles. The zero-order chi connectivity index (χ0) is 29.6. The second-order valence-corrected chi connectivity index (χ2v) is 11.9. The van der Waals surface area contributed by atoms with Gasteiger partial charge in [-0.2, -0.15) is 18.4 Å². The average Bonchev–Trinajstić information content (AvgIpc) is 3.42. The molecule has 8 nitrogen and oxygen atoms in total. The highest BCUT2D eigenvalue weighted by atomic mass is 19.4. The molecule has 1 amide bonds. The lowest BCUT2D eigenvalue weighted by atomic mass is 9.57. The lowest BCUT2D eigenvalue weighted by Crippen LogP contribution is -2.43. The molecule has 2 aliphatic heterocycles. The third-order valence-corrected chi connectivity index (χ3v) is 9.00. The van der Waals surface area contributed by atoms with E-state index < -0.39 is 17.6 Å². The summed E-state index contributed by atoms with van der Waals surface area (Å²) >= 11 is 0. The molecule has 0 radical (unpaired) electrons. The summed E-state index contributed by atoms with van der Waals surface area (Å²) in [6, 6.07) is 12.6. The fourth-order valence-corrected chi connectivity index (χ4v) is 6.61. The first kappa shape index (κ1) is 28.4. The van der Waals surface area contributed by atoms with E-state index in [0.29, 0.717) is 50.2 Å². The third-order valence-electron chi connectivity index (χ3n) is 9.00. The van der Waals surface area contributed by atoms with Gasteiger partial charge in [0.15, 0.2) is 0 Å². The van der Waals surface area contributed by atoms with Crippen LogP contribution in [0.4, 0.5) is 18.9 Å². The monoisotopic (exact) mass is 578 g/mol. The molecule has 3 aromatic rings. The summed E-state index contributed by atoms with van der Waals surface area (Å²) in [5.41, 5.74) is 0.941. The fraction of sp³-hybridized carbons (Fsp3) is 0.484. The molecule has 1 saturated heterocycles. The van der Waals surface area contributed by atoms with E-state index in [2.05, 4.69) is 21.2 Å². The summed E-state index contributed by atoms with van der Waals surface area (Å²) in [5, 5.41) is 17.7. The van der Waals surface area contributed by atoms with Crippen LogP contribution >= 0.6 is 0 Å². The van der Waals surface area contributed by atoms with Crippen LogP contribution in [0.15, 0.2) is 42.7 Å². The van der Waals surface area contributed by atoms with Crippen LogP contribution in [-0.4, -0.2) is 51.4 Å². The van der Waals surface area contributed by atoms with Crippen molar-refractivity contribution in [1.29, 1.82) is 5.26 Å². The minimum Gasteiger partial charge on any atom is -0.377 e. The molecule has 220 valence electrons. The molecule has 0 spiro atoms. The van der Waals surface area contributed by atoms with Crippen LogP contribution < -0.4 is 4.90 Å². The Morgan fingerprint density at radius 3 is 2.71 bits per heavy atom. The minimum absolute atomic E-state index is 0.0106. The highest BCUT2D eigenvalue weighted by molar-refractivity contribution is 6.10. The van der Waals surface area contributed by atoms with E-state index in [0.717, 1.165) is 24.4 Å². The smallest absolute Gasteiger partial charge is 0.377 e.